The number of phenolic OH excluding ortho intramolecular Hbond substituents is 3. The lowest BCUT2D eigenvalue weighted by molar-refractivity contribution is 0.245. The Balaban J connectivity index is 1.43. The summed E-state index contributed by atoms with van der Waals surface area (Å²) >= 11 is 10.4. The maximum Gasteiger partial charge on any atom is 0.120 e. The average molecular weight is 684 g/mol. The first-order valence-electron chi connectivity index (χ1n) is 11.9. The summed E-state index contributed by atoms with van der Waals surface area (Å²) in [7, 11) is 0. The largest absolute Gasteiger partial charge is 0.508 e. The zero-order valence-corrected chi connectivity index (χ0v) is 24.4. The Morgan fingerprint density at radius 2 is 0.806 bits per heavy atom. The highest BCUT2D eigenvalue weighted by atomic mass is 79.9. The van der Waals surface area contributed by atoms with Crippen LogP contribution in [0.4, 0.5) is 0 Å². The Kier molecular flexibility index (Phi) is 9.71. The smallest absolute Gasteiger partial charge is 0.120 e. The third-order valence-electron chi connectivity index (χ3n) is 6.58. The van der Waals surface area contributed by atoms with Gasteiger partial charge in [0.1, 0.15) is 17.2 Å². The Morgan fingerprint density at radius 1 is 0.528 bits per heavy atom. The quantitative estimate of drug-likeness (QED) is 0.165. The average Bonchev–Trinajstić information content (AvgIpc) is 2.85. The van der Waals surface area contributed by atoms with Crippen molar-refractivity contribution in [2.45, 2.75) is 57.0 Å². The van der Waals surface area contributed by atoms with Crippen LogP contribution in [0.3, 0.4) is 0 Å². The van der Waals surface area contributed by atoms with Crippen LogP contribution in [-0.2, 0) is 19.6 Å². The summed E-state index contributed by atoms with van der Waals surface area (Å²) in [6.45, 7) is 1.69. The first-order chi connectivity index (χ1) is 17.3. The molecule has 6 N–H and O–H groups in total. The van der Waals surface area contributed by atoms with E-state index in [1.807, 2.05) is 36.4 Å². The van der Waals surface area contributed by atoms with Gasteiger partial charge in [-0.1, -0.05) is 47.8 Å². The van der Waals surface area contributed by atoms with Gasteiger partial charge in [-0.2, -0.15) is 0 Å². The summed E-state index contributed by atoms with van der Waals surface area (Å²) in [5.74, 6) is 0.836. The third-order valence-corrected chi connectivity index (χ3v) is 8.06. The van der Waals surface area contributed by atoms with Gasteiger partial charge in [-0.15, -0.1) is 0 Å². The molecular formula is C27H30Br3N3O3. The molecule has 4 rings (SSSR count). The van der Waals surface area contributed by atoms with E-state index in [9.17, 15) is 15.3 Å². The highest BCUT2D eigenvalue weighted by molar-refractivity contribution is 9.11. The summed E-state index contributed by atoms with van der Waals surface area (Å²) in [6.07, 6.45) is 2.76. The van der Waals surface area contributed by atoms with Gasteiger partial charge in [0.05, 0.1) is 0 Å². The Morgan fingerprint density at radius 3 is 1.08 bits per heavy atom. The molecule has 0 saturated heterocycles. The van der Waals surface area contributed by atoms with Crippen molar-refractivity contribution in [1.82, 2.24) is 16.0 Å². The number of halogens is 3. The molecule has 3 aromatic rings. The zero-order valence-electron chi connectivity index (χ0n) is 19.6. The van der Waals surface area contributed by atoms with Gasteiger partial charge < -0.3 is 31.3 Å². The SMILES string of the molecule is Oc1ccc(Br)cc1CNC1CC(NCc2cc(Br)ccc2O)CC(NCc2cc(Br)ccc2O)C1. The minimum atomic E-state index is 0.222. The van der Waals surface area contributed by atoms with E-state index in [1.54, 1.807) is 18.2 Å². The lowest BCUT2D eigenvalue weighted by Crippen LogP contribution is -2.50. The molecule has 0 aromatic heterocycles. The fourth-order valence-corrected chi connectivity index (χ4v) is 5.89. The summed E-state index contributed by atoms with van der Waals surface area (Å²) in [4.78, 5) is 0. The van der Waals surface area contributed by atoms with E-state index in [2.05, 4.69) is 63.7 Å². The molecular weight excluding hydrogens is 654 g/mol. The molecule has 0 spiro atoms. The topological polar surface area (TPSA) is 96.8 Å². The molecule has 1 saturated carbocycles. The van der Waals surface area contributed by atoms with Crippen molar-refractivity contribution in [3.05, 3.63) is 84.7 Å². The third kappa shape index (κ3) is 7.69. The standard InChI is InChI=1S/C27H30Br3N3O3/c28-19-1-4-25(34)16(7-19)13-31-22-10-23(32-14-17-8-20(29)2-5-26(17)35)12-24(11-22)33-15-18-9-21(30)3-6-27(18)36/h1-9,22-24,31-36H,10-15H2. The molecule has 0 radical (unpaired) electrons. The van der Waals surface area contributed by atoms with Gasteiger partial charge in [0.15, 0.2) is 0 Å². The number of aromatic hydroxyl groups is 3. The normalized spacial score (nSPS) is 19.9. The van der Waals surface area contributed by atoms with Crippen molar-refractivity contribution in [1.29, 1.82) is 0 Å². The molecule has 0 bridgehead atoms. The second kappa shape index (κ2) is 12.8. The minimum absolute atomic E-state index is 0.222. The van der Waals surface area contributed by atoms with E-state index in [1.165, 1.54) is 0 Å². The van der Waals surface area contributed by atoms with Crippen molar-refractivity contribution < 1.29 is 15.3 Å². The first-order valence-corrected chi connectivity index (χ1v) is 14.3. The summed E-state index contributed by atoms with van der Waals surface area (Å²) in [5.41, 5.74) is 2.55. The number of hydrogen-bond acceptors (Lipinski definition) is 6. The van der Waals surface area contributed by atoms with Gasteiger partial charge in [0.25, 0.3) is 0 Å². The predicted molar refractivity (Wildman–Crippen MR) is 153 cm³/mol. The summed E-state index contributed by atoms with van der Waals surface area (Å²) < 4.78 is 2.80. The molecule has 192 valence electrons. The van der Waals surface area contributed by atoms with Crippen molar-refractivity contribution in [2.75, 3.05) is 0 Å². The molecule has 0 amide bonds. The molecule has 1 fully saturated rings. The molecule has 9 heteroatoms. The fourth-order valence-electron chi connectivity index (χ4n) is 4.67. The van der Waals surface area contributed by atoms with Crippen molar-refractivity contribution in [2.24, 2.45) is 0 Å². The van der Waals surface area contributed by atoms with Gasteiger partial charge in [0.2, 0.25) is 0 Å². The Hall–Kier alpha value is -1.62. The molecule has 0 heterocycles. The summed E-state index contributed by atoms with van der Waals surface area (Å²) in [5, 5.41) is 41.6. The van der Waals surface area contributed by atoms with Gasteiger partial charge in [-0.3, -0.25) is 0 Å². The molecule has 0 atom stereocenters. The minimum Gasteiger partial charge on any atom is -0.508 e. The van der Waals surface area contributed by atoms with Gasteiger partial charge in [0, 0.05) is 67.9 Å². The van der Waals surface area contributed by atoms with Gasteiger partial charge in [-0.25, -0.2) is 0 Å². The van der Waals surface area contributed by atoms with E-state index in [0.29, 0.717) is 19.6 Å². The number of benzene rings is 3. The Bertz CT molecular complexity index is 1040. The van der Waals surface area contributed by atoms with E-state index >= 15 is 0 Å². The zero-order chi connectivity index (χ0) is 25.7. The van der Waals surface area contributed by atoms with Crippen LogP contribution < -0.4 is 16.0 Å². The van der Waals surface area contributed by atoms with Crippen LogP contribution in [-0.4, -0.2) is 33.4 Å². The molecule has 6 nitrogen and oxygen atoms in total. The number of hydrogen-bond donors (Lipinski definition) is 6. The van der Waals surface area contributed by atoms with Gasteiger partial charge in [-0.05, 0) is 73.9 Å². The van der Waals surface area contributed by atoms with Crippen LogP contribution in [0.25, 0.3) is 0 Å². The van der Waals surface area contributed by atoms with E-state index in [0.717, 1.165) is 49.4 Å². The van der Waals surface area contributed by atoms with Crippen molar-refractivity contribution >= 4 is 47.8 Å². The highest BCUT2D eigenvalue weighted by Crippen LogP contribution is 2.27. The lowest BCUT2D eigenvalue weighted by atomic mass is 9.86. The molecule has 0 aliphatic heterocycles. The summed E-state index contributed by atoms with van der Waals surface area (Å²) in [6, 6.07) is 17.0. The van der Waals surface area contributed by atoms with E-state index < -0.39 is 0 Å². The fraction of sp³-hybridized carbons (Fsp3) is 0.333. The van der Waals surface area contributed by atoms with Crippen LogP contribution in [0.2, 0.25) is 0 Å². The first kappa shape index (κ1) is 27.4. The lowest BCUT2D eigenvalue weighted by Gasteiger charge is -2.37. The second-order valence-electron chi connectivity index (χ2n) is 9.26. The number of nitrogens with one attached hydrogen (secondary N) is 3. The predicted octanol–water partition coefficient (Wildman–Crippen LogP) is 6.05. The van der Waals surface area contributed by atoms with Crippen LogP contribution in [0.1, 0.15) is 36.0 Å². The molecule has 36 heavy (non-hydrogen) atoms. The Labute approximate surface area is 236 Å². The number of phenols is 3. The van der Waals surface area contributed by atoms with Crippen LogP contribution >= 0.6 is 47.8 Å². The number of rotatable bonds is 9. The maximum absolute atomic E-state index is 10.2. The molecule has 1 aliphatic rings. The second-order valence-corrected chi connectivity index (χ2v) is 12.0. The highest BCUT2D eigenvalue weighted by Gasteiger charge is 2.29. The van der Waals surface area contributed by atoms with Crippen LogP contribution in [0, 0.1) is 0 Å². The molecule has 0 unspecified atom stereocenters. The maximum atomic E-state index is 10.2. The van der Waals surface area contributed by atoms with Crippen molar-refractivity contribution in [3.63, 3.8) is 0 Å². The van der Waals surface area contributed by atoms with E-state index in [4.69, 9.17) is 0 Å². The van der Waals surface area contributed by atoms with Crippen molar-refractivity contribution in [3.8, 4) is 17.2 Å². The van der Waals surface area contributed by atoms with E-state index in [-0.39, 0.29) is 35.4 Å². The van der Waals surface area contributed by atoms with Gasteiger partial charge >= 0.3 is 0 Å². The van der Waals surface area contributed by atoms with Crippen LogP contribution in [0.5, 0.6) is 17.2 Å². The monoisotopic (exact) mass is 681 g/mol. The van der Waals surface area contributed by atoms with Crippen LogP contribution in [0.15, 0.2) is 68.0 Å². The molecule has 3 aromatic carbocycles. The molecule has 1 aliphatic carbocycles.